The molecule has 3 nitrogen and oxygen atoms in total. The van der Waals surface area contributed by atoms with Gasteiger partial charge in [-0.2, -0.15) is 0 Å². The Morgan fingerprint density at radius 1 is 0.774 bits per heavy atom. The van der Waals surface area contributed by atoms with E-state index in [4.69, 9.17) is 23.2 Å². The molecule has 0 aliphatic heterocycles. The molecule has 0 amide bonds. The van der Waals surface area contributed by atoms with Gasteiger partial charge in [0.05, 0.1) is 12.4 Å². The van der Waals surface area contributed by atoms with Crippen LogP contribution in [0.4, 0.5) is 0 Å². The van der Waals surface area contributed by atoms with Gasteiger partial charge >= 0.3 is 0 Å². The van der Waals surface area contributed by atoms with E-state index in [1.807, 2.05) is 43.1 Å². The molecule has 5 aromatic rings. The number of rotatable bonds is 5. The summed E-state index contributed by atoms with van der Waals surface area (Å²) in [5, 5.41) is 1.24. The molecule has 0 saturated heterocycles. The van der Waals surface area contributed by atoms with Crippen molar-refractivity contribution >= 4 is 23.2 Å². The van der Waals surface area contributed by atoms with E-state index in [9.17, 15) is 0 Å². The summed E-state index contributed by atoms with van der Waals surface area (Å²) in [7, 11) is 0. The number of nitrogens with zero attached hydrogens (tertiary/aromatic N) is 2. The van der Waals surface area contributed by atoms with Crippen LogP contribution < -0.4 is 0 Å². The third kappa shape index (κ3) is 3.90. The molecule has 2 aromatic heterocycles. The number of aromatic amines is 1. The lowest BCUT2D eigenvalue weighted by Crippen LogP contribution is -2.11. The number of aromatic nitrogens is 3. The quantitative estimate of drug-likeness (QED) is 0.299. The Labute approximate surface area is 190 Å². The minimum Gasteiger partial charge on any atom is -0.367 e. The highest BCUT2D eigenvalue weighted by Crippen LogP contribution is 2.38. The van der Waals surface area contributed by atoms with Crippen LogP contribution in [0, 0.1) is 0 Å². The fourth-order valence-electron chi connectivity index (χ4n) is 3.96. The van der Waals surface area contributed by atoms with Gasteiger partial charge < -0.3 is 9.55 Å². The zero-order chi connectivity index (χ0) is 21.2. The van der Waals surface area contributed by atoms with Crippen LogP contribution >= 0.6 is 23.2 Å². The molecule has 5 rings (SSSR count). The van der Waals surface area contributed by atoms with Crippen LogP contribution in [0.15, 0.2) is 104 Å². The van der Waals surface area contributed by atoms with Crippen LogP contribution in [0.2, 0.25) is 10.0 Å². The smallest absolute Gasteiger partial charge is 0.0954 e. The van der Waals surface area contributed by atoms with Crippen LogP contribution in [-0.4, -0.2) is 14.5 Å². The van der Waals surface area contributed by atoms with Crippen molar-refractivity contribution in [2.45, 2.75) is 6.04 Å². The second kappa shape index (κ2) is 8.46. The van der Waals surface area contributed by atoms with E-state index >= 15 is 0 Å². The summed E-state index contributed by atoms with van der Waals surface area (Å²) in [4.78, 5) is 7.54. The molecular weight excluding hydrogens is 425 g/mol. The first kappa shape index (κ1) is 19.7. The van der Waals surface area contributed by atoms with Crippen molar-refractivity contribution < 1.29 is 0 Å². The van der Waals surface area contributed by atoms with Gasteiger partial charge in [0.2, 0.25) is 0 Å². The third-order valence-electron chi connectivity index (χ3n) is 5.46. The van der Waals surface area contributed by atoms with Crippen LogP contribution in [-0.2, 0) is 0 Å². The van der Waals surface area contributed by atoms with E-state index in [0.717, 1.165) is 22.3 Å². The third-order valence-corrected chi connectivity index (χ3v) is 6.02. The predicted molar refractivity (Wildman–Crippen MR) is 128 cm³/mol. The fourth-order valence-corrected chi connectivity index (χ4v) is 4.47. The lowest BCUT2D eigenvalue weighted by atomic mass is 9.93. The van der Waals surface area contributed by atoms with E-state index in [1.54, 1.807) is 12.3 Å². The van der Waals surface area contributed by atoms with Gasteiger partial charge in [-0.25, -0.2) is 4.98 Å². The van der Waals surface area contributed by atoms with Crippen molar-refractivity contribution in [2.24, 2.45) is 0 Å². The number of hydrogen-bond acceptors (Lipinski definition) is 1. The molecule has 31 heavy (non-hydrogen) atoms. The van der Waals surface area contributed by atoms with Crippen molar-refractivity contribution in [1.29, 1.82) is 0 Å². The summed E-state index contributed by atoms with van der Waals surface area (Å²) in [5.41, 5.74) is 6.71. The summed E-state index contributed by atoms with van der Waals surface area (Å²) in [6.07, 6.45) is 9.59. The van der Waals surface area contributed by atoms with Crippen molar-refractivity contribution in [2.75, 3.05) is 0 Å². The highest BCUT2D eigenvalue weighted by molar-refractivity contribution is 6.35. The van der Waals surface area contributed by atoms with Crippen LogP contribution in [0.3, 0.4) is 0 Å². The Morgan fingerprint density at radius 3 is 2.23 bits per heavy atom. The molecule has 0 aliphatic carbocycles. The number of H-pyrrole nitrogens is 1. The lowest BCUT2D eigenvalue weighted by molar-refractivity contribution is 0.679. The Kier molecular flexibility index (Phi) is 5.37. The molecule has 0 radical (unpaired) electrons. The molecule has 1 atom stereocenters. The molecule has 2 heterocycles. The average Bonchev–Trinajstić information content (AvgIpc) is 3.49. The SMILES string of the molecule is Clc1ccc([C@H](c2c[nH]cc2-c2ccc(-c3ccccc3)cc2)n2ccnc2)c(Cl)c1. The summed E-state index contributed by atoms with van der Waals surface area (Å²) in [5.74, 6) is 0. The van der Waals surface area contributed by atoms with Crippen molar-refractivity contribution in [1.82, 2.24) is 14.5 Å². The number of hydrogen-bond donors (Lipinski definition) is 1. The highest BCUT2D eigenvalue weighted by Gasteiger charge is 2.23. The second-order valence-corrected chi connectivity index (χ2v) is 8.19. The lowest BCUT2D eigenvalue weighted by Gasteiger charge is -2.21. The maximum absolute atomic E-state index is 6.62. The molecule has 0 aliphatic rings. The first-order valence-electron chi connectivity index (χ1n) is 9.95. The molecule has 0 saturated carbocycles. The van der Waals surface area contributed by atoms with Crippen LogP contribution in [0.25, 0.3) is 22.3 Å². The molecule has 1 N–H and O–H groups in total. The van der Waals surface area contributed by atoms with E-state index < -0.39 is 0 Å². The Balaban J connectivity index is 1.59. The van der Waals surface area contributed by atoms with Gasteiger partial charge in [0.1, 0.15) is 0 Å². The first-order chi connectivity index (χ1) is 15.2. The van der Waals surface area contributed by atoms with Gasteiger partial charge in [-0.1, -0.05) is 83.9 Å². The number of halogens is 2. The average molecular weight is 444 g/mol. The Hall–Kier alpha value is -3.27. The molecule has 0 unspecified atom stereocenters. The van der Waals surface area contributed by atoms with E-state index in [0.29, 0.717) is 10.0 Å². The molecular formula is C26H19Cl2N3. The molecule has 152 valence electrons. The van der Waals surface area contributed by atoms with Gasteiger partial charge in [0.15, 0.2) is 0 Å². The summed E-state index contributed by atoms with van der Waals surface area (Å²) < 4.78 is 2.06. The minimum atomic E-state index is -0.137. The van der Waals surface area contributed by atoms with Crippen LogP contribution in [0.5, 0.6) is 0 Å². The largest absolute Gasteiger partial charge is 0.367 e. The van der Waals surface area contributed by atoms with Crippen molar-refractivity contribution in [3.8, 4) is 22.3 Å². The summed E-state index contributed by atoms with van der Waals surface area (Å²) in [6.45, 7) is 0. The van der Waals surface area contributed by atoms with Crippen molar-refractivity contribution in [3.05, 3.63) is 125 Å². The molecule has 0 spiro atoms. The van der Waals surface area contributed by atoms with Crippen LogP contribution in [0.1, 0.15) is 17.2 Å². The van der Waals surface area contributed by atoms with Gasteiger partial charge in [-0.05, 0) is 34.4 Å². The van der Waals surface area contributed by atoms with E-state index in [2.05, 4.69) is 63.1 Å². The standard InChI is InChI=1S/C26H19Cl2N3/c27-21-10-11-22(25(28)14-21)26(31-13-12-29-17-31)24-16-30-15-23(24)20-8-6-19(7-9-20)18-4-2-1-3-5-18/h1-17,26,30H/t26-/m1/s1. The molecule has 0 fully saturated rings. The zero-order valence-electron chi connectivity index (χ0n) is 16.5. The second-order valence-electron chi connectivity index (χ2n) is 7.35. The van der Waals surface area contributed by atoms with Gasteiger partial charge in [-0.15, -0.1) is 0 Å². The number of benzene rings is 3. The highest BCUT2D eigenvalue weighted by atomic mass is 35.5. The van der Waals surface area contributed by atoms with Gasteiger partial charge in [0.25, 0.3) is 0 Å². The van der Waals surface area contributed by atoms with E-state index in [1.165, 1.54) is 11.1 Å². The molecule has 0 bridgehead atoms. The Bertz CT molecular complexity index is 1290. The molecule has 3 aromatic carbocycles. The minimum absolute atomic E-state index is 0.137. The predicted octanol–water partition coefficient (Wildman–Crippen LogP) is 7.49. The maximum atomic E-state index is 6.62. The number of imidazole rings is 1. The molecule has 5 heteroatoms. The number of nitrogens with one attached hydrogen (secondary N) is 1. The van der Waals surface area contributed by atoms with Gasteiger partial charge in [0, 0.05) is 46.0 Å². The van der Waals surface area contributed by atoms with Crippen molar-refractivity contribution in [3.63, 3.8) is 0 Å². The van der Waals surface area contributed by atoms with E-state index in [-0.39, 0.29) is 6.04 Å². The summed E-state index contributed by atoms with van der Waals surface area (Å²) >= 11 is 12.8. The van der Waals surface area contributed by atoms with Gasteiger partial charge in [-0.3, -0.25) is 0 Å². The fraction of sp³-hybridized carbons (Fsp3) is 0.0385. The zero-order valence-corrected chi connectivity index (χ0v) is 18.1. The summed E-state index contributed by atoms with van der Waals surface area (Å²) in [6, 6.07) is 24.5. The maximum Gasteiger partial charge on any atom is 0.0954 e. The monoisotopic (exact) mass is 443 g/mol. The normalized spacial score (nSPS) is 12.1. The topological polar surface area (TPSA) is 33.6 Å². The first-order valence-corrected chi connectivity index (χ1v) is 10.7. The Morgan fingerprint density at radius 2 is 1.52 bits per heavy atom.